The molecule has 8 heteroatoms. The van der Waals surface area contributed by atoms with Crippen LogP contribution in [0, 0.1) is 0 Å². The van der Waals surface area contributed by atoms with Crippen LogP contribution >= 0.6 is 0 Å². The summed E-state index contributed by atoms with van der Waals surface area (Å²) in [7, 11) is 2.07. The van der Waals surface area contributed by atoms with Gasteiger partial charge in [-0.15, -0.1) is 0 Å². The molecule has 1 aliphatic heterocycles. The van der Waals surface area contributed by atoms with Crippen LogP contribution in [0.15, 0.2) is 60.9 Å². The number of nitrogens with one attached hydrogen (secondary N) is 2. The van der Waals surface area contributed by atoms with Gasteiger partial charge in [-0.1, -0.05) is 6.07 Å². The molecule has 32 heavy (non-hydrogen) atoms. The van der Waals surface area contributed by atoms with E-state index in [4.69, 9.17) is 0 Å². The zero-order valence-corrected chi connectivity index (χ0v) is 17.7. The molecule has 4 aromatic rings. The molecule has 0 atom stereocenters. The summed E-state index contributed by atoms with van der Waals surface area (Å²) < 4.78 is 0. The number of rotatable bonds is 4. The molecule has 1 aliphatic rings. The number of aromatic hydroxyl groups is 1. The normalized spacial score (nSPS) is 14.6. The number of nitrogens with zero attached hydrogens (tertiary/aromatic N) is 4. The summed E-state index contributed by atoms with van der Waals surface area (Å²) in [4.78, 5) is 29.0. The Hall–Kier alpha value is -3.91. The SMILES string of the molecule is CN1CCN(C(=O)c2ccc(Nc3cncc(-c4cc5c(O)cccc5[nH]4)n3)cc2)CC1. The lowest BCUT2D eigenvalue weighted by molar-refractivity contribution is 0.0664. The number of benzene rings is 2. The van der Waals surface area contributed by atoms with Crippen molar-refractivity contribution in [1.29, 1.82) is 0 Å². The van der Waals surface area contributed by atoms with E-state index in [1.165, 1.54) is 0 Å². The van der Waals surface area contributed by atoms with E-state index < -0.39 is 0 Å². The maximum Gasteiger partial charge on any atom is 0.253 e. The van der Waals surface area contributed by atoms with E-state index in [9.17, 15) is 9.90 Å². The van der Waals surface area contributed by atoms with Gasteiger partial charge in [0.05, 0.1) is 18.1 Å². The van der Waals surface area contributed by atoms with Crippen molar-refractivity contribution in [3.05, 3.63) is 66.5 Å². The molecule has 0 aliphatic carbocycles. The summed E-state index contributed by atoms with van der Waals surface area (Å²) in [5, 5.41) is 14.0. The summed E-state index contributed by atoms with van der Waals surface area (Å²) in [6, 6.07) is 14.6. The van der Waals surface area contributed by atoms with Crippen LogP contribution in [0.25, 0.3) is 22.3 Å². The maximum absolute atomic E-state index is 12.7. The van der Waals surface area contributed by atoms with Crippen molar-refractivity contribution in [3.8, 4) is 17.1 Å². The molecular weight excluding hydrogens is 404 g/mol. The minimum Gasteiger partial charge on any atom is -0.507 e. The number of fused-ring (bicyclic) bond motifs is 1. The van der Waals surface area contributed by atoms with Crippen LogP contribution in [0.5, 0.6) is 5.75 Å². The molecule has 1 saturated heterocycles. The second-order valence-corrected chi connectivity index (χ2v) is 8.01. The quantitative estimate of drug-likeness (QED) is 0.461. The van der Waals surface area contributed by atoms with Gasteiger partial charge >= 0.3 is 0 Å². The fourth-order valence-corrected chi connectivity index (χ4v) is 3.87. The summed E-state index contributed by atoms with van der Waals surface area (Å²) >= 11 is 0. The minimum absolute atomic E-state index is 0.0634. The Morgan fingerprint density at radius 1 is 1.06 bits per heavy atom. The second-order valence-electron chi connectivity index (χ2n) is 8.01. The fraction of sp³-hybridized carbons (Fsp3) is 0.208. The summed E-state index contributed by atoms with van der Waals surface area (Å²) in [6.07, 6.45) is 3.32. The molecule has 2 aromatic carbocycles. The molecule has 0 spiro atoms. The lowest BCUT2D eigenvalue weighted by Crippen LogP contribution is -2.47. The van der Waals surface area contributed by atoms with E-state index in [1.54, 1.807) is 24.5 Å². The summed E-state index contributed by atoms with van der Waals surface area (Å²) in [5.74, 6) is 0.871. The van der Waals surface area contributed by atoms with Gasteiger partial charge in [0.1, 0.15) is 17.3 Å². The van der Waals surface area contributed by atoms with E-state index in [2.05, 4.69) is 32.2 Å². The number of hydrogen-bond acceptors (Lipinski definition) is 6. The smallest absolute Gasteiger partial charge is 0.253 e. The van der Waals surface area contributed by atoms with Gasteiger partial charge < -0.3 is 25.2 Å². The average Bonchev–Trinajstić information content (AvgIpc) is 3.26. The number of H-pyrrole nitrogens is 1. The van der Waals surface area contributed by atoms with Crippen molar-refractivity contribution in [1.82, 2.24) is 24.8 Å². The van der Waals surface area contributed by atoms with Gasteiger partial charge in [0.15, 0.2) is 0 Å². The third-order valence-electron chi connectivity index (χ3n) is 5.75. The lowest BCUT2D eigenvalue weighted by atomic mass is 10.1. The van der Waals surface area contributed by atoms with Gasteiger partial charge in [0, 0.05) is 48.3 Å². The third-order valence-corrected chi connectivity index (χ3v) is 5.75. The van der Waals surface area contributed by atoms with Crippen molar-refractivity contribution >= 4 is 28.3 Å². The minimum atomic E-state index is 0.0634. The maximum atomic E-state index is 12.7. The molecule has 0 bridgehead atoms. The number of hydrogen-bond donors (Lipinski definition) is 3. The predicted octanol–water partition coefficient (Wildman–Crippen LogP) is 3.46. The Labute approximate surface area is 185 Å². The van der Waals surface area contributed by atoms with Crippen LogP contribution < -0.4 is 5.32 Å². The average molecular weight is 428 g/mol. The topological polar surface area (TPSA) is 97.4 Å². The zero-order chi connectivity index (χ0) is 22.1. The standard InChI is InChI=1S/C24H24N6O2/c1-29-9-11-30(12-10-29)24(32)16-5-7-17(8-6-16)26-23-15-25-14-21(28-23)20-13-18-19(27-20)3-2-4-22(18)31/h2-8,13-15,27,31H,9-12H2,1H3,(H,26,28). The first-order chi connectivity index (χ1) is 15.6. The van der Waals surface area contributed by atoms with Crippen LogP contribution in [0.1, 0.15) is 10.4 Å². The van der Waals surface area contributed by atoms with Crippen LogP contribution in [-0.2, 0) is 0 Å². The van der Waals surface area contributed by atoms with Crippen molar-refractivity contribution in [2.45, 2.75) is 0 Å². The van der Waals surface area contributed by atoms with Crippen LogP contribution in [0.3, 0.4) is 0 Å². The number of phenolic OH excluding ortho intramolecular Hbond substituents is 1. The van der Waals surface area contributed by atoms with E-state index in [0.717, 1.165) is 48.5 Å². The first-order valence-corrected chi connectivity index (χ1v) is 10.5. The number of carbonyl (C=O) groups excluding carboxylic acids is 1. The number of piperazine rings is 1. The highest BCUT2D eigenvalue weighted by Gasteiger charge is 2.20. The first-order valence-electron chi connectivity index (χ1n) is 10.5. The molecule has 1 amide bonds. The molecule has 5 rings (SSSR count). The molecule has 0 unspecified atom stereocenters. The van der Waals surface area contributed by atoms with Gasteiger partial charge in [-0.05, 0) is 49.5 Å². The van der Waals surface area contributed by atoms with Crippen molar-refractivity contribution < 1.29 is 9.90 Å². The predicted molar refractivity (Wildman–Crippen MR) is 124 cm³/mol. The highest BCUT2D eigenvalue weighted by Crippen LogP contribution is 2.29. The number of anilines is 2. The molecule has 3 heterocycles. The molecule has 0 radical (unpaired) electrons. The first kappa shape index (κ1) is 20.0. The summed E-state index contributed by atoms with van der Waals surface area (Å²) in [5.41, 5.74) is 3.76. The van der Waals surface area contributed by atoms with Crippen molar-refractivity contribution in [2.24, 2.45) is 0 Å². The van der Waals surface area contributed by atoms with Crippen LogP contribution in [0.4, 0.5) is 11.5 Å². The van der Waals surface area contributed by atoms with Gasteiger partial charge in [-0.2, -0.15) is 0 Å². The van der Waals surface area contributed by atoms with Gasteiger partial charge in [0.2, 0.25) is 0 Å². The zero-order valence-electron chi connectivity index (χ0n) is 17.7. The molecule has 0 saturated carbocycles. The summed E-state index contributed by atoms with van der Waals surface area (Å²) in [6.45, 7) is 3.30. The third kappa shape index (κ3) is 4.00. The van der Waals surface area contributed by atoms with E-state index in [0.29, 0.717) is 17.1 Å². The number of aromatic nitrogens is 3. The highest BCUT2D eigenvalue weighted by atomic mass is 16.3. The Balaban J connectivity index is 1.31. The molecule has 1 fully saturated rings. The Kier molecular flexibility index (Phi) is 5.20. The van der Waals surface area contributed by atoms with Crippen LogP contribution in [-0.4, -0.2) is 69.0 Å². The fourth-order valence-electron chi connectivity index (χ4n) is 3.87. The van der Waals surface area contributed by atoms with E-state index >= 15 is 0 Å². The molecule has 162 valence electrons. The largest absolute Gasteiger partial charge is 0.507 e. The van der Waals surface area contributed by atoms with E-state index in [1.807, 2.05) is 41.3 Å². The van der Waals surface area contributed by atoms with Gasteiger partial charge in [-0.3, -0.25) is 9.78 Å². The van der Waals surface area contributed by atoms with Crippen molar-refractivity contribution in [2.75, 3.05) is 38.5 Å². The molecule has 3 N–H and O–H groups in total. The van der Waals surface area contributed by atoms with Gasteiger partial charge in [-0.25, -0.2) is 4.98 Å². The van der Waals surface area contributed by atoms with Crippen molar-refractivity contribution in [3.63, 3.8) is 0 Å². The number of carbonyl (C=O) groups is 1. The highest BCUT2D eigenvalue weighted by molar-refractivity contribution is 5.94. The second kappa shape index (κ2) is 8.32. The van der Waals surface area contributed by atoms with Crippen LogP contribution in [0.2, 0.25) is 0 Å². The Morgan fingerprint density at radius 2 is 1.84 bits per heavy atom. The number of aromatic amines is 1. The van der Waals surface area contributed by atoms with E-state index in [-0.39, 0.29) is 11.7 Å². The Bertz CT molecular complexity index is 1260. The molecule has 8 nitrogen and oxygen atoms in total. The number of amides is 1. The molecule has 2 aromatic heterocycles. The monoisotopic (exact) mass is 428 g/mol. The van der Waals surface area contributed by atoms with Gasteiger partial charge in [0.25, 0.3) is 5.91 Å². The lowest BCUT2D eigenvalue weighted by Gasteiger charge is -2.32. The molecular formula is C24H24N6O2. The number of likely N-dealkylation sites (N-methyl/N-ethyl adjacent to an activating group) is 1. The number of phenols is 1. The Morgan fingerprint density at radius 3 is 2.59 bits per heavy atom.